The first-order valence-corrected chi connectivity index (χ1v) is 5.39. The SMILES string of the molecule is C[C@]1(O)[C@@H](CO)O[C@@H](n2ccc(N)nc2=O)[C@@H]1O. The topological polar surface area (TPSA) is 131 Å². The lowest BCUT2D eigenvalue weighted by Gasteiger charge is -2.25. The number of aliphatic hydroxyl groups is 3. The number of ether oxygens (including phenoxy) is 1. The monoisotopic (exact) mass is 257 g/mol. The quantitative estimate of drug-likeness (QED) is 0.474. The number of nitrogens with two attached hydrogens (primary N) is 1. The van der Waals surface area contributed by atoms with Crippen molar-refractivity contribution in [2.75, 3.05) is 12.3 Å². The third kappa shape index (κ3) is 1.89. The van der Waals surface area contributed by atoms with E-state index in [0.29, 0.717) is 0 Å². The summed E-state index contributed by atoms with van der Waals surface area (Å²) in [6.07, 6.45) is -2.15. The Labute approximate surface area is 102 Å². The van der Waals surface area contributed by atoms with Gasteiger partial charge in [-0.15, -0.1) is 0 Å². The Morgan fingerprint density at radius 3 is 2.83 bits per heavy atom. The van der Waals surface area contributed by atoms with E-state index in [1.807, 2.05) is 0 Å². The van der Waals surface area contributed by atoms with Crippen LogP contribution in [0.15, 0.2) is 17.1 Å². The minimum absolute atomic E-state index is 0.0502. The van der Waals surface area contributed by atoms with Gasteiger partial charge in [-0.1, -0.05) is 0 Å². The van der Waals surface area contributed by atoms with Crippen LogP contribution in [0.5, 0.6) is 0 Å². The lowest BCUT2D eigenvalue weighted by Crippen LogP contribution is -2.46. The van der Waals surface area contributed by atoms with Gasteiger partial charge in [0.25, 0.3) is 0 Å². The van der Waals surface area contributed by atoms with Crippen molar-refractivity contribution in [1.29, 1.82) is 0 Å². The first kappa shape index (κ1) is 13.0. The Balaban J connectivity index is 2.38. The number of aliphatic hydroxyl groups excluding tert-OH is 2. The fraction of sp³-hybridized carbons (Fsp3) is 0.600. The van der Waals surface area contributed by atoms with Crippen molar-refractivity contribution in [1.82, 2.24) is 9.55 Å². The Hall–Kier alpha value is -1.48. The molecule has 1 saturated heterocycles. The molecule has 0 amide bonds. The molecule has 0 aliphatic carbocycles. The molecule has 0 spiro atoms. The molecular weight excluding hydrogens is 242 g/mol. The van der Waals surface area contributed by atoms with E-state index in [1.165, 1.54) is 19.2 Å². The highest BCUT2D eigenvalue weighted by Crippen LogP contribution is 2.35. The summed E-state index contributed by atoms with van der Waals surface area (Å²) in [6.45, 7) is 0.853. The van der Waals surface area contributed by atoms with Gasteiger partial charge < -0.3 is 25.8 Å². The van der Waals surface area contributed by atoms with Gasteiger partial charge in [0.2, 0.25) is 0 Å². The molecule has 8 heteroatoms. The van der Waals surface area contributed by atoms with Crippen molar-refractivity contribution in [3.8, 4) is 0 Å². The van der Waals surface area contributed by atoms with Crippen LogP contribution < -0.4 is 11.4 Å². The molecule has 1 fully saturated rings. The fourth-order valence-electron chi connectivity index (χ4n) is 1.92. The molecule has 0 saturated carbocycles. The highest BCUT2D eigenvalue weighted by Gasteiger charge is 2.52. The minimum atomic E-state index is -1.65. The summed E-state index contributed by atoms with van der Waals surface area (Å²) in [5, 5.41) is 29.0. The predicted molar refractivity (Wildman–Crippen MR) is 60.5 cm³/mol. The number of hydrogen-bond acceptors (Lipinski definition) is 7. The van der Waals surface area contributed by atoms with Crippen molar-refractivity contribution in [3.63, 3.8) is 0 Å². The summed E-state index contributed by atoms with van der Waals surface area (Å²) in [6, 6.07) is 1.37. The van der Waals surface area contributed by atoms with Gasteiger partial charge in [-0.05, 0) is 13.0 Å². The van der Waals surface area contributed by atoms with Gasteiger partial charge in [0, 0.05) is 6.20 Å². The third-order valence-electron chi connectivity index (χ3n) is 3.12. The van der Waals surface area contributed by atoms with Crippen LogP contribution in [0.2, 0.25) is 0 Å². The largest absolute Gasteiger partial charge is 0.394 e. The second-order valence-electron chi connectivity index (χ2n) is 4.41. The molecule has 8 nitrogen and oxygen atoms in total. The zero-order valence-electron chi connectivity index (χ0n) is 9.72. The maximum atomic E-state index is 11.6. The van der Waals surface area contributed by atoms with Gasteiger partial charge >= 0.3 is 5.69 Å². The van der Waals surface area contributed by atoms with Gasteiger partial charge in [-0.25, -0.2) is 4.79 Å². The minimum Gasteiger partial charge on any atom is -0.394 e. The van der Waals surface area contributed by atoms with Crippen LogP contribution >= 0.6 is 0 Å². The fourth-order valence-corrected chi connectivity index (χ4v) is 1.92. The lowest BCUT2D eigenvalue weighted by atomic mass is 9.95. The summed E-state index contributed by atoms with van der Waals surface area (Å²) >= 11 is 0. The average Bonchev–Trinajstić information content (AvgIpc) is 2.52. The number of hydrogen-bond donors (Lipinski definition) is 4. The summed E-state index contributed by atoms with van der Waals surface area (Å²) in [5.74, 6) is 0.0502. The van der Waals surface area contributed by atoms with E-state index in [2.05, 4.69) is 4.98 Å². The molecule has 1 aromatic rings. The summed E-state index contributed by atoms with van der Waals surface area (Å²) in [7, 11) is 0. The van der Waals surface area contributed by atoms with E-state index in [0.717, 1.165) is 4.57 Å². The van der Waals surface area contributed by atoms with E-state index >= 15 is 0 Å². The third-order valence-corrected chi connectivity index (χ3v) is 3.12. The molecule has 2 rings (SSSR count). The number of anilines is 1. The first-order chi connectivity index (χ1) is 8.37. The number of aromatic nitrogens is 2. The van der Waals surface area contributed by atoms with Crippen LogP contribution in [0.4, 0.5) is 5.82 Å². The zero-order valence-corrected chi connectivity index (χ0v) is 9.72. The Morgan fingerprint density at radius 2 is 2.33 bits per heavy atom. The predicted octanol–water partition coefficient (Wildman–Crippen LogP) is -2.17. The maximum Gasteiger partial charge on any atom is 0.351 e. The molecule has 0 radical (unpaired) electrons. The smallest absolute Gasteiger partial charge is 0.351 e. The van der Waals surface area contributed by atoms with Crippen molar-refractivity contribution in [2.24, 2.45) is 0 Å². The molecule has 1 aliphatic rings. The van der Waals surface area contributed by atoms with Crippen LogP contribution in [0.1, 0.15) is 13.2 Å². The van der Waals surface area contributed by atoms with Crippen molar-refractivity contribution >= 4 is 5.82 Å². The molecule has 1 aromatic heterocycles. The Kier molecular flexibility index (Phi) is 3.11. The van der Waals surface area contributed by atoms with Gasteiger partial charge in [-0.3, -0.25) is 4.57 Å². The van der Waals surface area contributed by atoms with Crippen LogP contribution in [0.25, 0.3) is 0 Å². The van der Waals surface area contributed by atoms with E-state index in [-0.39, 0.29) is 5.82 Å². The van der Waals surface area contributed by atoms with E-state index in [9.17, 15) is 15.0 Å². The second kappa shape index (κ2) is 4.32. The number of nitrogen functional groups attached to an aromatic ring is 1. The van der Waals surface area contributed by atoms with E-state index in [1.54, 1.807) is 0 Å². The van der Waals surface area contributed by atoms with Crippen LogP contribution in [-0.2, 0) is 4.74 Å². The Bertz CT molecular complexity index is 501. The molecule has 0 aromatic carbocycles. The summed E-state index contributed by atoms with van der Waals surface area (Å²) in [5.41, 5.74) is 3.00. The van der Waals surface area contributed by atoms with Crippen LogP contribution in [-0.4, -0.2) is 49.3 Å². The Morgan fingerprint density at radius 1 is 1.67 bits per heavy atom. The molecular formula is C10H15N3O5. The van der Waals surface area contributed by atoms with Crippen LogP contribution in [0.3, 0.4) is 0 Å². The molecule has 4 atom stereocenters. The van der Waals surface area contributed by atoms with Gasteiger partial charge in [0.1, 0.15) is 23.6 Å². The normalized spacial score (nSPS) is 35.9. The first-order valence-electron chi connectivity index (χ1n) is 5.39. The summed E-state index contributed by atoms with van der Waals surface area (Å²) < 4.78 is 6.30. The highest BCUT2D eigenvalue weighted by atomic mass is 16.6. The van der Waals surface area contributed by atoms with Crippen molar-refractivity contribution < 1.29 is 20.1 Å². The van der Waals surface area contributed by atoms with E-state index < -0.39 is 36.3 Å². The maximum absolute atomic E-state index is 11.6. The van der Waals surface area contributed by atoms with Crippen molar-refractivity contribution in [3.05, 3.63) is 22.7 Å². The number of rotatable bonds is 2. The molecule has 18 heavy (non-hydrogen) atoms. The van der Waals surface area contributed by atoms with Crippen molar-refractivity contribution in [2.45, 2.75) is 31.0 Å². The number of nitrogens with zero attached hydrogens (tertiary/aromatic N) is 2. The van der Waals surface area contributed by atoms with Gasteiger partial charge in [-0.2, -0.15) is 4.98 Å². The van der Waals surface area contributed by atoms with E-state index in [4.69, 9.17) is 15.6 Å². The standard InChI is InChI=1S/C10H15N3O5/c1-10(17)5(4-14)18-8(7(10)15)13-3-2-6(11)12-9(13)16/h2-3,5,7-8,14-15,17H,4H2,1H3,(H2,11,12,16)/t5-,7+,8-,10+/m1/s1. The zero-order chi connectivity index (χ0) is 13.5. The molecule has 5 N–H and O–H groups in total. The second-order valence-corrected chi connectivity index (χ2v) is 4.41. The molecule has 100 valence electrons. The molecule has 0 bridgehead atoms. The average molecular weight is 257 g/mol. The molecule has 1 aliphatic heterocycles. The summed E-state index contributed by atoms with van der Waals surface area (Å²) in [4.78, 5) is 15.1. The van der Waals surface area contributed by atoms with Gasteiger partial charge in [0.05, 0.1) is 6.61 Å². The lowest BCUT2D eigenvalue weighted by molar-refractivity contribution is -0.0807. The highest BCUT2D eigenvalue weighted by molar-refractivity contribution is 5.23. The van der Waals surface area contributed by atoms with Gasteiger partial charge in [0.15, 0.2) is 6.23 Å². The molecule has 0 unspecified atom stereocenters. The van der Waals surface area contributed by atoms with Crippen LogP contribution in [0, 0.1) is 0 Å². The molecule has 2 heterocycles.